The number of aryl methyl sites for hydroxylation is 1. The maximum Gasteiger partial charge on any atom is 0.233 e. The number of rotatable bonds is 4. The fourth-order valence-electron chi connectivity index (χ4n) is 3.86. The minimum Gasteiger partial charge on any atom is -0.402 e. The summed E-state index contributed by atoms with van der Waals surface area (Å²) in [6, 6.07) is 13.3. The van der Waals surface area contributed by atoms with Crippen LogP contribution in [0.4, 0.5) is 34.6 Å². The van der Waals surface area contributed by atoms with E-state index >= 15 is 0 Å². The van der Waals surface area contributed by atoms with E-state index in [0.717, 1.165) is 50.6 Å². The van der Waals surface area contributed by atoms with Gasteiger partial charge < -0.3 is 22.1 Å². The lowest BCUT2D eigenvalue weighted by Crippen LogP contribution is -2.05. The zero-order valence-corrected chi connectivity index (χ0v) is 19.4. The molecule has 2 aromatic heterocycles. The van der Waals surface area contributed by atoms with E-state index in [9.17, 15) is 0 Å². The average molecular weight is 472 g/mol. The Labute approximate surface area is 201 Å². The first kappa shape index (κ1) is 21.6. The van der Waals surface area contributed by atoms with Crippen molar-refractivity contribution in [3.63, 3.8) is 0 Å². The lowest BCUT2D eigenvalue weighted by atomic mass is 10.1. The quantitative estimate of drug-likeness (QED) is 0.328. The van der Waals surface area contributed by atoms with E-state index in [4.69, 9.17) is 23.1 Å². The van der Waals surface area contributed by atoms with E-state index in [0.29, 0.717) is 24.0 Å². The molecule has 2 aromatic carbocycles. The van der Waals surface area contributed by atoms with Crippen LogP contribution < -0.4 is 22.1 Å². The molecule has 0 amide bonds. The van der Waals surface area contributed by atoms with Gasteiger partial charge in [0.15, 0.2) is 0 Å². The van der Waals surface area contributed by atoms with E-state index in [2.05, 4.69) is 35.6 Å². The van der Waals surface area contributed by atoms with Gasteiger partial charge in [-0.3, -0.25) is 9.98 Å². The van der Waals surface area contributed by atoms with Crippen LogP contribution in [0.3, 0.4) is 0 Å². The molecule has 0 fully saturated rings. The molecule has 5 rings (SSSR count). The van der Waals surface area contributed by atoms with Crippen LogP contribution in [-0.2, 0) is 6.42 Å². The third kappa shape index (κ3) is 4.60. The van der Waals surface area contributed by atoms with Crippen LogP contribution in [0.1, 0.15) is 18.2 Å². The van der Waals surface area contributed by atoms with Crippen LogP contribution in [-0.4, -0.2) is 25.6 Å². The third-order valence-electron chi connectivity index (χ3n) is 5.25. The van der Waals surface area contributed by atoms with Gasteiger partial charge in [0.05, 0.1) is 11.2 Å². The van der Waals surface area contributed by atoms with Crippen LogP contribution in [0, 0.1) is 6.92 Å². The molecule has 34 heavy (non-hydrogen) atoms. The van der Waals surface area contributed by atoms with E-state index in [-0.39, 0.29) is 5.28 Å². The van der Waals surface area contributed by atoms with Gasteiger partial charge in [0.25, 0.3) is 0 Å². The summed E-state index contributed by atoms with van der Waals surface area (Å²) >= 11 is 6.18. The normalized spacial score (nSPS) is 13.0. The highest BCUT2D eigenvalue weighted by atomic mass is 35.5. The number of halogens is 1. The molecular weight excluding hydrogens is 450 g/mol. The van der Waals surface area contributed by atoms with Gasteiger partial charge in [-0.1, -0.05) is 0 Å². The number of aliphatic imine (C=N–C) groups is 1. The minimum absolute atomic E-state index is 0.0553. The minimum atomic E-state index is 0.0553. The summed E-state index contributed by atoms with van der Waals surface area (Å²) in [6.07, 6.45) is 2.49. The molecule has 0 aliphatic carbocycles. The number of pyridine rings is 1. The van der Waals surface area contributed by atoms with Crippen LogP contribution >= 0.6 is 11.6 Å². The van der Waals surface area contributed by atoms with Gasteiger partial charge in [-0.25, -0.2) is 0 Å². The summed E-state index contributed by atoms with van der Waals surface area (Å²) in [4.78, 5) is 21.9. The summed E-state index contributed by atoms with van der Waals surface area (Å²) < 4.78 is 0. The number of nitrogens with two attached hydrogens (primary N) is 2. The Kier molecular flexibility index (Phi) is 5.46. The number of nitrogens with zero attached hydrogens (tertiary/aromatic N) is 5. The lowest BCUT2D eigenvalue weighted by molar-refractivity contribution is 1.06. The SMILES string of the molecule is CC1=Nc2ccc(Nc3nc(Cl)nc(Nc4ccc5nc(C)cc(N)c5c4)n3)cc2CC(N)=C1. The monoisotopic (exact) mass is 471 g/mol. The Morgan fingerprint density at radius 2 is 1.56 bits per heavy atom. The largest absolute Gasteiger partial charge is 0.402 e. The fraction of sp³-hybridized carbons (Fsp3) is 0.125. The molecule has 0 radical (unpaired) electrons. The van der Waals surface area contributed by atoms with Gasteiger partial charge in [0.1, 0.15) is 0 Å². The highest BCUT2D eigenvalue weighted by Gasteiger charge is 2.12. The molecule has 9 nitrogen and oxygen atoms in total. The molecule has 0 spiro atoms. The lowest BCUT2D eigenvalue weighted by Gasteiger charge is -2.11. The zero-order valence-electron chi connectivity index (χ0n) is 18.6. The molecule has 6 N–H and O–H groups in total. The van der Waals surface area contributed by atoms with Crippen molar-refractivity contribution in [1.29, 1.82) is 0 Å². The number of aromatic nitrogens is 4. The number of nitrogens with one attached hydrogen (secondary N) is 2. The summed E-state index contributed by atoms with van der Waals surface area (Å²) in [6.45, 7) is 3.84. The highest BCUT2D eigenvalue weighted by Crippen LogP contribution is 2.29. The summed E-state index contributed by atoms with van der Waals surface area (Å²) in [5.74, 6) is 0.597. The van der Waals surface area contributed by atoms with Gasteiger partial charge in [0.2, 0.25) is 17.2 Å². The second kappa shape index (κ2) is 8.60. The van der Waals surface area contributed by atoms with E-state index in [1.807, 2.05) is 62.4 Å². The standard InChI is InChI=1S/C24H22ClN9/c1-12-7-15(26)9-14-10-16(3-5-20(14)28-12)30-23-32-22(25)33-24(34-23)31-17-4-6-21-18(11-17)19(27)8-13(2)29-21/h3-8,10-11H,9,26H2,1-2H3,(H2,27,29)(H2,30,31,32,33,34). The number of nitrogen functional groups attached to an aromatic ring is 1. The summed E-state index contributed by atoms with van der Waals surface area (Å²) in [7, 11) is 0. The Bertz CT molecular complexity index is 1490. The van der Waals surface area contributed by atoms with Crippen molar-refractivity contribution >= 4 is 62.9 Å². The summed E-state index contributed by atoms with van der Waals surface area (Å²) in [5.41, 5.74) is 19.7. The second-order valence-electron chi connectivity index (χ2n) is 8.08. The Morgan fingerprint density at radius 3 is 2.32 bits per heavy atom. The number of anilines is 5. The van der Waals surface area contributed by atoms with Crippen LogP contribution in [0.5, 0.6) is 0 Å². The number of hydrogen-bond acceptors (Lipinski definition) is 9. The Balaban J connectivity index is 1.41. The fourth-order valence-corrected chi connectivity index (χ4v) is 4.02. The first-order valence-corrected chi connectivity index (χ1v) is 11.0. The van der Waals surface area contributed by atoms with Crippen LogP contribution in [0.2, 0.25) is 5.28 Å². The third-order valence-corrected chi connectivity index (χ3v) is 5.42. The van der Waals surface area contributed by atoms with Crippen LogP contribution in [0.15, 0.2) is 59.2 Å². The van der Waals surface area contributed by atoms with Gasteiger partial charge in [-0.15, -0.1) is 0 Å². The van der Waals surface area contributed by atoms with Gasteiger partial charge in [0, 0.05) is 46.0 Å². The molecule has 3 heterocycles. The van der Waals surface area contributed by atoms with Gasteiger partial charge in [-0.05, 0) is 79.6 Å². The van der Waals surface area contributed by atoms with Gasteiger partial charge in [-0.2, -0.15) is 15.0 Å². The number of benzene rings is 2. The Morgan fingerprint density at radius 1 is 0.853 bits per heavy atom. The molecule has 0 saturated heterocycles. The maximum absolute atomic E-state index is 6.18. The van der Waals surface area contributed by atoms with Crippen LogP contribution in [0.25, 0.3) is 10.9 Å². The van der Waals surface area contributed by atoms with Crippen molar-refractivity contribution in [3.05, 3.63) is 70.8 Å². The van der Waals surface area contributed by atoms with E-state index in [1.54, 1.807) is 0 Å². The molecule has 1 aliphatic heterocycles. The second-order valence-corrected chi connectivity index (χ2v) is 8.42. The van der Waals surface area contributed by atoms with Crippen molar-refractivity contribution in [2.75, 3.05) is 16.4 Å². The first-order chi connectivity index (χ1) is 16.3. The molecular formula is C24H22ClN9. The molecule has 0 bridgehead atoms. The maximum atomic E-state index is 6.18. The topological polar surface area (TPSA) is 140 Å². The molecule has 10 heteroatoms. The predicted molar refractivity (Wildman–Crippen MR) is 137 cm³/mol. The molecule has 1 aliphatic rings. The molecule has 0 saturated carbocycles. The Hall–Kier alpha value is -4.24. The number of fused-ring (bicyclic) bond motifs is 2. The number of allylic oxidation sites excluding steroid dienone is 2. The van der Waals surface area contributed by atoms with Crippen molar-refractivity contribution in [3.8, 4) is 0 Å². The van der Waals surface area contributed by atoms with Crippen molar-refractivity contribution in [2.45, 2.75) is 20.3 Å². The molecule has 0 unspecified atom stereocenters. The van der Waals surface area contributed by atoms with Crippen molar-refractivity contribution < 1.29 is 0 Å². The zero-order chi connectivity index (χ0) is 23.8. The van der Waals surface area contributed by atoms with Crippen molar-refractivity contribution in [1.82, 2.24) is 19.9 Å². The molecule has 4 aromatic rings. The smallest absolute Gasteiger partial charge is 0.233 e. The van der Waals surface area contributed by atoms with Crippen molar-refractivity contribution in [2.24, 2.45) is 10.7 Å². The predicted octanol–water partition coefficient (Wildman–Crippen LogP) is 4.94. The van der Waals surface area contributed by atoms with E-state index < -0.39 is 0 Å². The number of hydrogen-bond donors (Lipinski definition) is 4. The first-order valence-electron chi connectivity index (χ1n) is 10.6. The van der Waals surface area contributed by atoms with Gasteiger partial charge >= 0.3 is 0 Å². The average Bonchev–Trinajstić information content (AvgIpc) is 2.89. The highest BCUT2D eigenvalue weighted by molar-refractivity contribution is 6.28. The molecule has 170 valence electrons. The summed E-state index contributed by atoms with van der Waals surface area (Å²) in [5, 5.41) is 7.24. The molecule has 0 atom stereocenters. The van der Waals surface area contributed by atoms with E-state index in [1.165, 1.54) is 0 Å².